The number of hydrogen-bond acceptors (Lipinski definition) is 5. The Morgan fingerprint density at radius 2 is 1.93 bits per heavy atom. The van der Waals surface area contributed by atoms with Gasteiger partial charge in [-0.1, -0.05) is 6.07 Å². The molecule has 1 aliphatic heterocycles. The minimum atomic E-state index is -5.03. The number of nitrogens with two attached hydrogens (primary N) is 1. The van der Waals surface area contributed by atoms with Crippen molar-refractivity contribution in [3.8, 4) is 5.75 Å². The van der Waals surface area contributed by atoms with Gasteiger partial charge >= 0.3 is 12.5 Å². The van der Waals surface area contributed by atoms with Gasteiger partial charge < -0.3 is 15.2 Å². The molecule has 0 radical (unpaired) electrons. The van der Waals surface area contributed by atoms with Crippen LogP contribution in [-0.4, -0.2) is 29.6 Å². The largest absolute Gasteiger partial charge is 0.573 e. The number of ether oxygens (including phenoxy) is 2. The fourth-order valence-corrected chi connectivity index (χ4v) is 3.06. The molecule has 29 heavy (non-hydrogen) atoms. The van der Waals surface area contributed by atoms with Crippen molar-refractivity contribution in [2.45, 2.75) is 38.3 Å². The minimum Gasteiger partial charge on any atom is -0.443 e. The molecule has 0 aliphatic carbocycles. The van der Waals surface area contributed by atoms with Crippen LogP contribution in [0.15, 0.2) is 36.5 Å². The fourth-order valence-electron chi connectivity index (χ4n) is 3.06. The Kier molecular flexibility index (Phi) is 4.94. The number of amides is 1. The third kappa shape index (κ3) is 4.26. The average Bonchev–Trinajstić information content (AvgIpc) is 2.89. The lowest BCUT2D eigenvalue weighted by Crippen LogP contribution is -2.45. The summed E-state index contributed by atoms with van der Waals surface area (Å²) in [5, 5.41) is 0. The molecule has 0 saturated heterocycles. The zero-order valence-corrected chi connectivity index (χ0v) is 15.9. The second kappa shape index (κ2) is 6.87. The van der Waals surface area contributed by atoms with Gasteiger partial charge in [-0.3, -0.25) is 9.88 Å². The molecule has 6 nitrogen and oxygen atoms in total. The van der Waals surface area contributed by atoms with Crippen LogP contribution in [0.3, 0.4) is 0 Å². The molecule has 0 unspecified atom stereocenters. The Balaban J connectivity index is 2.00. The number of carbonyl (C=O) groups excluding carboxylic acids is 1. The second-order valence-corrected chi connectivity index (χ2v) is 7.60. The van der Waals surface area contributed by atoms with Crippen molar-refractivity contribution in [1.82, 2.24) is 4.98 Å². The van der Waals surface area contributed by atoms with Crippen molar-refractivity contribution in [3.63, 3.8) is 0 Å². The molecule has 0 fully saturated rings. The zero-order chi connectivity index (χ0) is 21.6. The van der Waals surface area contributed by atoms with Crippen molar-refractivity contribution in [2.24, 2.45) is 5.73 Å². The Labute approximate surface area is 164 Å². The molecule has 1 amide bonds. The summed E-state index contributed by atoms with van der Waals surface area (Å²) in [7, 11) is 0. The predicted molar refractivity (Wildman–Crippen MR) is 95.9 cm³/mol. The maximum Gasteiger partial charge on any atom is 0.573 e. The minimum absolute atomic E-state index is 0.132. The van der Waals surface area contributed by atoms with E-state index in [1.165, 1.54) is 17.2 Å². The monoisotopic (exact) mass is 413 g/mol. The number of pyridine rings is 1. The molecule has 1 aromatic heterocycles. The summed E-state index contributed by atoms with van der Waals surface area (Å²) in [5.41, 5.74) is 5.06. The van der Waals surface area contributed by atoms with Crippen LogP contribution in [0.2, 0.25) is 0 Å². The summed E-state index contributed by atoms with van der Waals surface area (Å²) in [6, 6.07) is 6.10. The van der Waals surface area contributed by atoms with Gasteiger partial charge in [-0.2, -0.15) is 0 Å². The highest BCUT2D eigenvalue weighted by Gasteiger charge is 2.46. The highest BCUT2D eigenvalue weighted by molar-refractivity contribution is 5.91. The lowest BCUT2D eigenvalue weighted by molar-refractivity contribution is -0.275. The summed E-state index contributed by atoms with van der Waals surface area (Å²) in [4.78, 5) is 18.1. The highest BCUT2D eigenvalue weighted by Crippen LogP contribution is 2.42. The number of fused-ring (bicyclic) bond motifs is 1. The summed E-state index contributed by atoms with van der Waals surface area (Å²) in [6.07, 6.45) is -4.24. The van der Waals surface area contributed by atoms with Crippen molar-refractivity contribution in [1.29, 1.82) is 0 Å². The van der Waals surface area contributed by atoms with Crippen LogP contribution in [0.25, 0.3) is 0 Å². The molecule has 10 heteroatoms. The van der Waals surface area contributed by atoms with Gasteiger partial charge in [-0.25, -0.2) is 9.18 Å². The molecule has 1 aromatic carbocycles. The first-order chi connectivity index (χ1) is 13.3. The number of alkyl halides is 3. The molecule has 3 rings (SSSR count). The molecule has 0 spiro atoms. The number of anilines is 1. The zero-order valence-electron chi connectivity index (χ0n) is 15.9. The van der Waals surface area contributed by atoms with Gasteiger partial charge in [0, 0.05) is 6.20 Å². The smallest absolute Gasteiger partial charge is 0.443 e. The topological polar surface area (TPSA) is 77.7 Å². The van der Waals surface area contributed by atoms with Crippen molar-refractivity contribution in [3.05, 3.63) is 53.6 Å². The average molecular weight is 413 g/mol. The van der Waals surface area contributed by atoms with E-state index in [1.807, 2.05) is 0 Å². The number of aromatic nitrogens is 1. The SMILES string of the molecule is CC(C)(C)OC(=O)N1C[C@](N)(c2ccc(OC(F)(F)F)c(F)c2)c2ncccc21. The maximum atomic E-state index is 14.3. The third-order valence-electron chi connectivity index (χ3n) is 4.19. The quantitative estimate of drug-likeness (QED) is 0.751. The molecule has 2 N–H and O–H groups in total. The van der Waals surface area contributed by atoms with E-state index in [1.54, 1.807) is 32.9 Å². The first kappa shape index (κ1) is 20.8. The van der Waals surface area contributed by atoms with Crippen LogP contribution in [0.5, 0.6) is 5.75 Å². The summed E-state index contributed by atoms with van der Waals surface area (Å²) < 4.78 is 60.5. The Morgan fingerprint density at radius 1 is 1.24 bits per heavy atom. The van der Waals surface area contributed by atoms with E-state index < -0.39 is 35.2 Å². The number of carbonyl (C=O) groups is 1. The van der Waals surface area contributed by atoms with Gasteiger partial charge in [0.25, 0.3) is 0 Å². The number of rotatable bonds is 2. The van der Waals surface area contributed by atoms with Gasteiger partial charge in [0.15, 0.2) is 11.6 Å². The van der Waals surface area contributed by atoms with Crippen molar-refractivity contribution >= 4 is 11.8 Å². The number of halogens is 4. The predicted octanol–water partition coefficient (Wildman–Crippen LogP) is 4.08. The Bertz CT molecular complexity index is 943. The van der Waals surface area contributed by atoms with E-state index in [9.17, 15) is 22.4 Å². The molecule has 2 aromatic rings. The van der Waals surface area contributed by atoms with Crippen LogP contribution in [0, 0.1) is 5.82 Å². The van der Waals surface area contributed by atoms with Crippen LogP contribution < -0.4 is 15.4 Å². The molecular formula is C19H19F4N3O3. The Morgan fingerprint density at radius 3 is 2.52 bits per heavy atom. The molecular weight excluding hydrogens is 394 g/mol. The van der Waals surface area contributed by atoms with Gasteiger partial charge in [-0.05, 0) is 50.6 Å². The molecule has 2 heterocycles. The lowest BCUT2D eigenvalue weighted by atomic mass is 9.89. The van der Waals surface area contributed by atoms with Gasteiger partial charge in [0.05, 0.1) is 17.9 Å². The normalized spacial score (nSPS) is 19.1. The third-order valence-corrected chi connectivity index (χ3v) is 4.19. The Hall–Kier alpha value is -2.88. The van der Waals surface area contributed by atoms with Crippen molar-refractivity contribution < 1.29 is 31.8 Å². The van der Waals surface area contributed by atoms with Crippen molar-refractivity contribution in [2.75, 3.05) is 11.4 Å². The highest BCUT2D eigenvalue weighted by atomic mass is 19.4. The van der Waals surface area contributed by atoms with Gasteiger partial charge in [0.1, 0.15) is 11.1 Å². The summed E-state index contributed by atoms with van der Waals surface area (Å²) in [6.45, 7) is 4.98. The van der Waals surface area contributed by atoms with Crippen LogP contribution in [0.1, 0.15) is 32.0 Å². The molecule has 1 aliphatic rings. The van der Waals surface area contributed by atoms with E-state index in [0.29, 0.717) is 5.69 Å². The molecule has 156 valence electrons. The molecule has 0 bridgehead atoms. The first-order valence-electron chi connectivity index (χ1n) is 8.61. The van der Waals surface area contributed by atoms with E-state index in [4.69, 9.17) is 10.5 Å². The van der Waals surface area contributed by atoms with E-state index in [0.717, 1.165) is 12.1 Å². The number of benzene rings is 1. The van der Waals surface area contributed by atoms with Gasteiger partial charge in [0.2, 0.25) is 0 Å². The summed E-state index contributed by atoms with van der Waals surface area (Å²) in [5.74, 6) is -2.22. The van der Waals surface area contributed by atoms with Crippen LogP contribution >= 0.6 is 0 Å². The standard InChI is InChI=1S/C19H19F4N3O3/c1-17(2,3)29-16(27)26-10-18(24,15-13(26)5-4-8-25-15)11-6-7-14(12(20)9-11)28-19(21,22)23/h4-9H,10,24H2,1-3H3/t18-/m0/s1. The fraction of sp³-hybridized carbons (Fsp3) is 0.368. The molecule has 1 atom stereocenters. The summed E-state index contributed by atoms with van der Waals surface area (Å²) >= 11 is 0. The first-order valence-corrected chi connectivity index (χ1v) is 8.61. The second-order valence-electron chi connectivity index (χ2n) is 7.60. The van der Waals surface area contributed by atoms with E-state index >= 15 is 0 Å². The van der Waals surface area contributed by atoms with E-state index in [2.05, 4.69) is 9.72 Å². The number of hydrogen-bond donors (Lipinski definition) is 1. The lowest BCUT2D eigenvalue weighted by Gasteiger charge is -2.27. The van der Waals surface area contributed by atoms with E-state index in [-0.39, 0.29) is 17.8 Å². The molecule has 0 saturated carbocycles. The van der Waals surface area contributed by atoms with Crippen LogP contribution in [-0.2, 0) is 10.3 Å². The van der Waals surface area contributed by atoms with Gasteiger partial charge in [-0.15, -0.1) is 13.2 Å². The van der Waals surface area contributed by atoms with Crippen LogP contribution in [0.4, 0.5) is 28.0 Å². The maximum absolute atomic E-state index is 14.3. The number of nitrogens with zero attached hydrogens (tertiary/aromatic N) is 2.